The molecule has 7 heteroatoms. The smallest absolute Gasteiger partial charge is 0.322 e. The number of carbonyl (C=O) groups is 2. The molecule has 0 aliphatic carbocycles. The molecule has 1 rings (SSSR count). The summed E-state index contributed by atoms with van der Waals surface area (Å²) < 4.78 is 0. The summed E-state index contributed by atoms with van der Waals surface area (Å²) >= 11 is 1.33. The highest BCUT2D eigenvalue weighted by molar-refractivity contribution is 7.98. The number of hydrogen-bond acceptors (Lipinski definition) is 5. The van der Waals surface area contributed by atoms with Crippen LogP contribution in [0.1, 0.15) is 21.9 Å². The van der Waals surface area contributed by atoms with Gasteiger partial charge < -0.3 is 10.4 Å². The van der Waals surface area contributed by atoms with Crippen molar-refractivity contribution < 1.29 is 14.7 Å². The molecule has 6 nitrogen and oxygen atoms in total. The topological polar surface area (TPSA) is 92.2 Å². The van der Waals surface area contributed by atoms with Crippen LogP contribution in [0.4, 0.5) is 0 Å². The van der Waals surface area contributed by atoms with Gasteiger partial charge in [0.1, 0.15) is 17.4 Å². The average Bonchev–Trinajstić information content (AvgIpc) is 2.24. The normalized spacial score (nSPS) is 10.1. The van der Waals surface area contributed by atoms with Gasteiger partial charge in [-0.05, 0) is 20.1 Å². The molecule has 0 aliphatic heterocycles. The van der Waals surface area contributed by atoms with E-state index in [1.165, 1.54) is 11.8 Å². The number of thioether (sulfide) groups is 1. The molecule has 92 valence electrons. The fourth-order valence-electron chi connectivity index (χ4n) is 1.33. The predicted octanol–water partition coefficient (Wildman–Crippen LogP) is 0.630. The van der Waals surface area contributed by atoms with Crippen molar-refractivity contribution in [3.05, 3.63) is 17.1 Å². The number of aliphatic carboxylic acids is 1. The Kier molecular flexibility index (Phi) is 4.45. The van der Waals surface area contributed by atoms with E-state index in [9.17, 15) is 9.59 Å². The summed E-state index contributed by atoms with van der Waals surface area (Å²) in [6.45, 7) is 3.02. The second-order valence-corrected chi connectivity index (χ2v) is 4.11. The van der Waals surface area contributed by atoms with Gasteiger partial charge in [-0.15, -0.1) is 11.8 Å². The van der Waals surface area contributed by atoms with Gasteiger partial charge in [-0.3, -0.25) is 9.59 Å². The number of aromatic nitrogens is 2. The molecule has 1 amide bonds. The summed E-state index contributed by atoms with van der Waals surface area (Å²) in [4.78, 5) is 30.4. The highest BCUT2D eigenvalue weighted by Crippen LogP contribution is 2.20. The zero-order valence-corrected chi connectivity index (χ0v) is 10.6. The SMILES string of the molecule is CSc1nc(C)nc(C)c1C(=O)NCC(=O)O. The van der Waals surface area contributed by atoms with Gasteiger partial charge in [0.25, 0.3) is 5.91 Å². The number of aryl methyl sites for hydroxylation is 2. The van der Waals surface area contributed by atoms with Crippen LogP contribution in [0.3, 0.4) is 0 Å². The molecule has 0 spiro atoms. The highest BCUT2D eigenvalue weighted by Gasteiger charge is 2.17. The monoisotopic (exact) mass is 255 g/mol. The van der Waals surface area contributed by atoms with E-state index in [0.29, 0.717) is 22.1 Å². The minimum absolute atomic E-state index is 0.337. The van der Waals surface area contributed by atoms with Gasteiger partial charge >= 0.3 is 5.97 Å². The molecule has 0 saturated carbocycles. The second-order valence-electron chi connectivity index (χ2n) is 3.32. The van der Waals surface area contributed by atoms with E-state index in [4.69, 9.17) is 5.11 Å². The van der Waals surface area contributed by atoms with Crippen LogP contribution in [0, 0.1) is 13.8 Å². The summed E-state index contributed by atoms with van der Waals surface area (Å²) in [7, 11) is 0. The van der Waals surface area contributed by atoms with Crippen molar-refractivity contribution in [2.24, 2.45) is 0 Å². The summed E-state index contributed by atoms with van der Waals surface area (Å²) in [5, 5.41) is 11.4. The molecule has 0 radical (unpaired) electrons. The Morgan fingerprint density at radius 1 is 1.35 bits per heavy atom. The maximum Gasteiger partial charge on any atom is 0.322 e. The van der Waals surface area contributed by atoms with Crippen LogP contribution in [0.25, 0.3) is 0 Å². The lowest BCUT2D eigenvalue weighted by Gasteiger charge is -2.09. The van der Waals surface area contributed by atoms with E-state index in [2.05, 4.69) is 15.3 Å². The Morgan fingerprint density at radius 2 is 2.00 bits per heavy atom. The van der Waals surface area contributed by atoms with Gasteiger partial charge in [0, 0.05) is 0 Å². The lowest BCUT2D eigenvalue weighted by atomic mass is 10.2. The van der Waals surface area contributed by atoms with Crippen molar-refractivity contribution in [3.63, 3.8) is 0 Å². The number of nitrogens with zero attached hydrogens (tertiary/aromatic N) is 2. The molecule has 0 bridgehead atoms. The van der Waals surface area contributed by atoms with Crippen LogP contribution >= 0.6 is 11.8 Å². The molecule has 0 saturated heterocycles. The van der Waals surface area contributed by atoms with Crippen LogP contribution in [-0.2, 0) is 4.79 Å². The fraction of sp³-hybridized carbons (Fsp3) is 0.400. The van der Waals surface area contributed by atoms with Crippen LogP contribution in [0.5, 0.6) is 0 Å². The molecule has 1 heterocycles. The molecule has 0 aromatic carbocycles. The first-order chi connectivity index (χ1) is 7.95. The van der Waals surface area contributed by atoms with Crippen LogP contribution in [0.2, 0.25) is 0 Å². The maximum atomic E-state index is 11.8. The van der Waals surface area contributed by atoms with Gasteiger partial charge in [0.15, 0.2) is 0 Å². The van der Waals surface area contributed by atoms with Gasteiger partial charge in [0.2, 0.25) is 0 Å². The van der Waals surface area contributed by atoms with E-state index >= 15 is 0 Å². The first-order valence-electron chi connectivity index (χ1n) is 4.85. The van der Waals surface area contributed by atoms with Gasteiger partial charge in [0.05, 0.1) is 11.3 Å². The van der Waals surface area contributed by atoms with E-state index in [1.54, 1.807) is 20.1 Å². The molecule has 0 fully saturated rings. The zero-order valence-electron chi connectivity index (χ0n) is 9.77. The minimum Gasteiger partial charge on any atom is -0.480 e. The van der Waals surface area contributed by atoms with Crippen molar-refractivity contribution in [1.82, 2.24) is 15.3 Å². The van der Waals surface area contributed by atoms with Crippen molar-refractivity contribution in [2.75, 3.05) is 12.8 Å². The minimum atomic E-state index is -1.09. The van der Waals surface area contributed by atoms with Gasteiger partial charge in [-0.1, -0.05) is 0 Å². The Bertz CT molecular complexity index is 462. The molecule has 2 N–H and O–H groups in total. The quantitative estimate of drug-likeness (QED) is 0.605. The Morgan fingerprint density at radius 3 is 2.53 bits per heavy atom. The molecule has 1 aromatic heterocycles. The van der Waals surface area contributed by atoms with E-state index in [1.807, 2.05) is 0 Å². The standard InChI is InChI=1S/C10H13N3O3S/c1-5-8(9(16)11-4-7(14)15)10(17-3)13-6(2)12-5/h4H2,1-3H3,(H,11,16)(H,14,15). The summed E-state index contributed by atoms with van der Waals surface area (Å²) in [6, 6.07) is 0. The van der Waals surface area contributed by atoms with Crippen molar-refractivity contribution >= 4 is 23.6 Å². The Labute approximate surface area is 103 Å². The third-order valence-electron chi connectivity index (χ3n) is 1.99. The number of nitrogens with one attached hydrogen (secondary N) is 1. The molecule has 0 unspecified atom stereocenters. The largest absolute Gasteiger partial charge is 0.480 e. The van der Waals surface area contributed by atoms with E-state index in [0.717, 1.165) is 0 Å². The molecular formula is C10H13N3O3S. The van der Waals surface area contributed by atoms with E-state index in [-0.39, 0.29) is 0 Å². The fourth-order valence-corrected chi connectivity index (χ4v) is 2.00. The summed E-state index contributed by atoms with van der Waals surface area (Å²) in [5.41, 5.74) is 0.883. The third-order valence-corrected chi connectivity index (χ3v) is 2.67. The lowest BCUT2D eigenvalue weighted by molar-refractivity contribution is -0.135. The van der Waals surface area contributed by atoms with Crippen molar-refractivity contribution in [2.45, 2.75) is 18.9 Å². The van der Waals surface area contributed by atoms with Gasteiger partial charge in [-0.25, -0.2) is 9.97 Å². The Hall–Kier alpha value is -1.63. The maximum absolute atomic E-state index is 11.8. The number of amides is 1. The molecule has 0 aliphatic rings. The number of carbonyl (C=O) groups excluding carboxylic acids is 1. The molecule has 17 heavy (non-hydrogen) atoms. The summed E-state index contributed by atoms with van der Waals surface area (Å²) in [5.74, 6) is -0.967. The first kappa shape index (κ1) is 13.4. The number of rotatable bonds is 4. The molecular weight excluding hydrogens is 242 g/mol. The first-order valence-corrected chi connectivity index (χ1v) is 6.07. The molecule has 0 atom stereocenters. The lowest BCUT2D eigenvalue weighted by Crippen LogP contribution is -2.30. The van der Waals surface area contributed by atoms with E-state index < -0.39 is 18.4 Å². The van der Waals surface area contributed by atoms with Crippen LogP contribution < -0.4 is 5.32 Å². The van der Waals surface area contributed by atoms with Crippen molar-refractivity contribution in [1.29, 1.82) is 0 Å². The average molecular weight is 255 g/mol. The second kappa shape index (κ2) is 5.62. The summed E-state index contributed by atoms with van der Waals surface area (Å²) in [6.07, 6.45) is 1.80. The van der Waals surface area contributed by atoms with Crippen LogP contribution in [-0.4, -0.2) is 39.8 Å². The number of carboxylic acid groups (broad SMARTS) is 1. The highest BCUT2D eigenvalue weighted by atomic mass is 32.2. The van der Waals surface area contributed by atoms with Crippen molar-refractivity contribution in [3.8, 4) is 0 Å². The predicted molar refractivity (Wildman–Crippen MR) is 63.3 cm³/mol. The third kappa shape index (κ3) is 3.42. The molecule has 1 aromatic rings. The van der Waals surface area contributed by atoms with Crippen LogP contribution in [0.15, 0.2) is 5.03 Å². The number of hydrogen-bond donors (Lipinski definition) is 2. The zero-order chi connectivity index (χ0) is 13.0. The Balaban J connectivity index is 3.03. The number of carboxylic acids is 1. The van der Waals surface area contributed by atoms with Gasteiger partial charge in [-0.2, -0.15) is 0 Å².